The van der Waals surface area contributed by atoms with Crippen molar-refractivity contribution in [2.24, 2.45) is 5.10 Å². The molecule has 2 aromatic rings. The molecule has 2 aromatic carbocycles. The molecule has 0 aliphatic carbocycles. The van der Waals surface area contributed by atoms with Crippen LogP contribution in [0.4, 0.5) is 5.69 Å². The van der Waals surface area contributed by atoms with Gasteiger partial charge in [-0.25, -0.2) is 0 Å². The lowest BCUT2D eigenvalue weighted by Crippen LogP contribution is -1.91. The van der Waals surface area contributed by atoms with Crippen molar-refractivity contribution < 1.29 is 9.84 Å². The summed E-state index contributed by atoms with van der Waals surface area (Å²) in [5.74, 6) is 0.547. The van der Waals surface area contributed by atoms with E-state index < -0.39 is 0 Å². The monoisotopic (exact) mass is 256 g/mol. The van der Waals surface area contributed by atoms with Crippen LogP contribution >= 0.6 is 0 Å². The maximum Gasteiger partial charge on any atom is 0.160 e. The zero-order valence-electron chi connectivity index (χ0n) is 10.9. The van der Waals surface area contributed by atoms with Gasteiger partial charge in [-0.2, -0.15) is 5.10 Å². The van der Waals surface area contributed by atoms with Crippen LogP contribution in [0.25, 0.3) is 0 Å². The highest BCUT2D eigenvalue weighted by Gasteiger charge is 2.00. The van der Waals surface area contributed by atoms with Crippen LogP contribution in [-0.4, -0.2) is 18.4 Å². The number of hydrogen-bond donors (Lipinski definition) is 2. The molecule has 0 fully saturated rings. The fourth-order valence-electron chi connectivity index (χ4n) is 1.68. The lowest BCUT2D eigenvalue weighted by atomic mass is 10.2. The predicted octanol–water partition coefficient (Wildman–Crippen LogP) is 3.16. The summed E-state index contributed by atoms with van der Waals surface area (Å²) in [6.07, 6.45) is 1.64. The molecule has 0 aromatic heterocycles. The number of aromatic hydroxyl groups is 1. The summed E-state index contributed by atoms with van der Waals surface area (Å²) in [5.41, 5.74) is 5.82. The van der Waals surface area contributed by atoms with E-state index in [2.05, 4.69) is 10.5 Å². The van der Waals surface area contributed by atoms with Gasteiger partial charge in [0, 0.05) is 0 Å². The lowest BCUT2D eigenvalue weighted by molar-refractivity contribution is 0.373. The van der Waals surface area contributed by atoms with Crippen molar-refractivity contribution in [2.45, 2.75) is 6.92 Å². The van der Waals surface area contributed by atoms with Crippen LogP contribution < -0.4 is 10.2 Å². The molecular formula is C15H16N2O2. The van der Waals surface area contributed by atoms with Gasteiger partial charge in [-0.05, 0) is 48.4 Å². The standard InChI is InChI=1S/C15H16N2O2/c1-11-4-3-5-13(8-11)17-16-10-12-6-7-15(19-2)14(18)9-12/h3-10,17-18H,1-2H3/b16-10-. The Kier molecular flexibility index (Phi) is 4.03. The predicted molar refractivity (Wildman–Crippen MR) is 77.1 cm³/mol. The number of phenolic OH excluding ortho intramolecular Hbond substituents is 1. The molecule has 0 aliphatic heterocycles. The number of methoxy groups -OCH3 is 1. The largest absolute Gasteiger partial charge is 0.504 e. The minimum Gasteiger partial charge on any atom is -0.504 e. The second-order valence-corrected chi connectivity index (χ2v) is 4.17. The average molecular weight is 256 g/mol. The number of anilines is 1. The van der Waals surface area contributed by atoms with Crippen molar-refractivity contribution >= 4 is 11.9 Å². The molecule has 0 bridgehead atoms. The van der Waals surface area contributed by atoms with E-state index in [0.717, 1.165) is 11.3 Å². The fourth-order valence-corrected chi connectivity index (χ4v) is 1.68. The molecule has 0 aliphatic rings. The molecule has 19 heavy (non-hydrogen) atoms. The number of hydrazone groups is 1. The summed E-state index contributed by atoms with van der Waals surface area (Å²) in [4.78, 5) is 0. The van der Waals surface area contributed by atoms with Gasteiger partial charge in [0.1, 0.15) is 0 Å². The summed E-state index contributed by atoms with van der Waals surface area (Å²) in [7, 11) is 1.52. The van der Waals surface area contributed by atoms with E-state index in [0.29, 0.717) is 5.75 Å². The second-order valence-electron chi connectivity index (χ2n) is 4.17. The molecule has 0 saturated carbocycles. The van der Waals surface area contributed by atoms with Gasteiger partial charge in [-0.15, -0.1) is 0 Å². The highest BCUT2D eigenvalue weighted by molar-refractivity contribution is 5.81. The second kappa shape index (κ2) is 5.91. The number of nitrogens with one attached hydrogen (secondary N) is 1. The summed E-state index contributed by atoms with van der Waals surface area (Å²) >= 11 is 0. The minimum atomic E-state index is 0.0991. The molecule has 0 unspecified atom stereocenters. The van der Waals surface area contributed by atoms with Gasteiger partial charge in [-0.1, -0.05) is 12.1 Å². The first-order valence-electron chi connectivity index (χ1n) is 5.92. The van der Waals surface area contributed by atoms with Gasteiger partial charge in [0.25, 0.3) is 0 Å². The van der Waals surface area contributed by atoms with E-state index >= 15 is 0 Å². The van der Waals surface area contributed by atoms with Gasteiger partial charge in [0.15, 0.2) is 11.5 Å². The Bertz CT molecular complexity index is 594. The number of benzene rings is 2. The first-order chi connectivity index (χ1) is 9.19. The first-order valence-corrected chi connectivity index (χ1v) is 5.92. The van der Waals surface area contributed by atoms with Crippen LogP contribution in [0.15, 0.2) is 47.6 Å². The Hall–Kier alpha value is -2.49. The van der Waals surface area contributed by atoms with Crippen molar-refractivity contribution in [1.82, 2.24) is 0 Å². The molecular weight excluding hydrogens is 240 g/mol. The van der Waals surface area contributed by atoms with E-state index in [9.17, 15) is 5.11 Å². The molecule has 2 N–H and O–H groups in total. The van der Waals surface area contributed by atoms with Crippen molar-refractivity contribution in [1.29, 1.82) is 0 Å². The van der Waals surface area contributed by atoms with Gasteiger partial charge in [0.2, 0.25) is 0 Å². The van der Waals surface area contributed by atoms with Gasteiger partial charge in [0.05, 0.1) is 19.0 Å². The number of nitrogens with zero attached hydrogens (tertiary/aromatic N) is 1. The van der Waals surface area contributed by atoms with Crippen LogP contribution in [0.3, 0.4) is 0 Å². The Morgan fingerprint density at radius 3 is 2.74 bits per heavy atom. The van der Waals surface area contributed by atoms with Crippen LogP contribution in [-0.2, 0) is 0 Å². The molecule has 4 nitrogen and oxygen atoms in total. The van der Waals surface area contributed by atoms with Crippen LogP contribution in [0.1, 0.15) is 11.1 Å². The molecule has 0 heterocycles. The SMILES string of the molecule is COc1ccc(/C=N\Nc2cccc(C)c2)cc1O. The minimum absolute atomic E-state index is 0.0991. The van der Waals surface area contributed by atoms with Crippen molar-refractivity contribution in [3.05, 3.63) is 53.6 Å². The summed E-state index contributed by atoms with van der Waals surface area (Å²) < 4.78 is 4.98. The normalized spacial score (nSPS) is 10.6. The maximum absolute atomic E-state index is 9.64. The van der Waals surface area contributed by atoms with Crippen LogP contribution in [0.2, 0.25) is 0 Å². The van der Waals surface area contributed by atoms with Crippen molar-refractivity contribution in [3.63, 3.8) is 0 Å². The molecule has 0 radical (unpaired) electrons. The summed E-state index contributed by atoms with van der Waals surface area (Å²) in [6.45, 7) is 2.02. The lowest BCUT2D eigenvalue weighted by Gasteiger charge is -2.03. The van der Waals surface area contributed by atoms with Gasteiger partial charge in [-0.3, -0.25) is 5.43 Å². The topological polar surface area (TPSA) is 53.8 Å². The van der Waals surface area contributed by atoms with E-state index in [-0.39, 0.29) is 5.75 Å². The van der Waals surface area contributed by atoms with E-state index in [1.54, 1.807) is 18.3 Å². The Morgan fingerprint density at radius 2 is 2.05 bits per heavy atom. The molecule has 0 amide bonds. The van der Waals surface area contributed by atoms with E-state index in [1.807, 2.05) is 37.3 Å². The molecule has 0 saturated heterocycles. The fraction of sp³-hybridized carbons (Fsp3) is 0.133. The number of ether oxygens (including phenoxy) is 1. The summed E-state index contributed by atoms with van der Waals surface area (Å²) in [6, 6.07) is 13.0. The molecule has 0 atom stereocenters. The number of rotatable bonds is 4. The Balaban J connectivity index is 2.05. The highest BCUT2D eigenvalue weighted by Crippen LogP contribution is 2.25. The number of hydrogen-bond acceptors (Lipinski definition) is 4. The zero-order valence-corrected chi connectivity index (χ0v) is 10.9. The third kappa shape index (κ3) is 3.48. The Morgan fingerprint density at radius 1 is 1.21 bits per heavy atom. The van der Waals surface area contributed by atoms with Crippen LogP contribution in [0.5, 0.6) is 11.5 Å². The number of phenols is 1. The first kappa shape index (κ1) is 13.0. The average Bonchev–Trinajstić information content (AvgIpc) is 2.39. The quantitative estimate of drug-likeness (QED) is 0.652. The van der Waals surface area contributed by atoms with E-state index in [4.69, 9.17) is 4.74 Å². The summed E-state index contributed by atoms with van der Waals surface area (Å²) in [5, 5.41) is 13.8. The third-order valence-corrected chi connectivity index (χ3v) is 2.63. The highest BCUT2D eigenvalue weighted by atomic mass is 16.5. The smallest absolute Gasteiger partial charge is 0.160 e. The van der Waals surface area contributed by atoms with Gasteiger partial charge < -0.3 is 9.84 Å². The molecule has 2 rings (SSSR count). The van der Waals surface area contributed by atoms with Gasteiger partial charge >= 0.3 is 0 Å². The molecule has 4 heteroatoms. The maximum atomic E-state index is 9.64. The van der Waals surface area contributed by atoms with Crippen LogP contribution in [0, 0.1) is 6.92 Å². The van der Waals surface area contributed by atoms with E-state index in [1.165, 1.54) is 12.7 Å². The zero-order chi connectivity index (χ0) is 13.7. The molecule has 98 valence electrons. The Labute approximate surface area is 112 Å². The third-order valence-electron chi connectivity index (χ3n) is 2.63. The van der Waals surface area contributed by atoms with Crippen molar-refractivity contribution in [2.75, 3.05) is 12.5 Å². The molecule has 0 spiro atoms. The van der Waals surface area contributed by atoms with Crippen molar-refractivity contribution in [3.8, 4) is 11.5 Å². The number of aryl methyl sites for hydroxylation is 1.